The van der Waals surface area contributed by atoms with Crippen molar-refractivity contribution in [1.82, 2.24) is 19.6 Å². The SMILES string of the molecule is CCCc1cc(N2CCC(C(=O)Nc3ccc(F)cc3F)CC2)n2ncnc2n1. The average molecular weight is 400 g/mol. The van der Waals surface area contributed by atoms with E-state index in [4.69, 9.17) is 0 Å². The first-order valence-electron chi connectivity index (χ1n) is 9.75. The van der Waals surface area contributed by atoms with Gasteiger partial charge in [-0.3, -0.25) is 4.79 Å². The number of piperidine rings is 1. The summed E-state index contributed by atoms with van der Waals surface area (Å²) in [5.41, 5.74) is 0.969. The van der Waals surface area contributed by atoms with E-state index in [1.165, 1.54) is 12.4 Å². The second-order valence-corrected chi connectivity index (χ2v) is 7.20. The van der Waals surface area contributed by atoms with E-state index in [-0.39, 0.29) is 17.5 Å². The van der Waals surface area contributed by atoms with Crippen molar-refractivity contribution < 1.29 is 13.6 Å². The molecule has 1 aliphatic rings. The van der Waals surface area contributed by atoms with Gasteiger partial charge in [0, 0.05) is 36.8 Å². The lowest BCUT2D eigenvalue weighted by molar-refractivity contribution is -0.120. The van der Waals surface area contributed by atoms with Crippen LogP contribution in [-0.4, -0.2) is 38.6 Å². The molecule has 3 heterocycles. The maximum Gasteiger partial charge on any atom is 0.254 e. The minimum Gasteiger partial charge on any atom is -0.356 e. The Hall–Kier alpha value is -3.10. The summed E-state index contributed by atoms with van der Waals surface area (Å²) < 4.78 is 28.5. The van der Waals surface area contributed by atoms with E-state index < -0.39 is 11.6 Å². The number of benzene rings is 1. The van der Waals surface area contributed by atoms with Crippen molar-refractivity contribution in [2.24, 2.45) is 5.92 Å². The molecule has 4 rings (SSSR count). The molecule has 1 N–H and O–H groups in total. The largest absolute Gasteiger partial charge is 0.356 e. The van der Waals surface area contributed by atoms with E-state index in [0.29, 0.717) is 31.7 Å². The van der Waals surface area contributed by atoms with Crippen LogP contribution in [0.25, 0.3) is 5.78 Å². The summed E-state index contributed by atoms with van der Waals surface area (Å²) in [6.45, 7) is 3.42. The molecule has 1 amide bonds. The standard InChI is InChI=1S/C20H22F2N6O/c1-2-3-15-11-18(28-20(25-15)23-12-24-28)27-8-6-13(7-9-27)19(29)26-17-5-4-14(21)10-16(17)22/h4-5,10-13H,2-3,6-9H2,1H3,(H,26,29). The van der Waals surface area contributed by atoms with Crippen LogP contribution in [0.2, 0.25) is 0 Å². The number of amides is 1. The van der Waals surface area contributed by atoms with Gasteiger partial charge < -0.3 is 10.2 Å². The molecule has 0 saturated carbocycles. The van der Waals surface area contributed by atoms with Gasteiger partial charge in [0.1, 0.15) is 23.8 Å². The van der Waals surface area contributed by atoms with E-state index in [1.807, 2.05) is 6.07 Å². The first-order valence-corrected chi connectivity index (χ1v) is 9.75. The molecule has 152 valence electrons. The zero-order chi connectivity index (χ0) is 20.4. The number of anilines is 2. The van der Waals surface area contributed by atoms with Gasteiger partial charge in [-0.25, -0.2) is 13.8 Å². The number of hydrogen-bond acceptors (Lipinski definition) is 5. The quantitative estimate of drug-likeness (QED) is 0.712. The number of carbonyl (C=O) groups is 1. The van der Waals surface area contributed by atoms with Gasteiger partial charge in [-0.1, -0.05) is 13.3 Å². The normalized spacial score (nSPS) is 15.1. The van der Waals surface area contributed by atoms with E-state index in [0.717, 1.165) is 36.5 Å². The number of hydrogen-bond donors (Lipinski definition) is 1. The lowest BCUT2D eigenvalue weighted by Crippen LogP contribution is -2.39. The predicted octanol–water partition coefficient (Wildman–Crippen LogP) is 3.21. The predicted molar refractivity (Wildman–Crippen MR) is 105 cm³/mol. The smallest absolute Gasteiger partial charge is 0.254 e. The zero-order valence-electron chi connectivity index (χ0n) is 16.1. The summed E-state index contributed by atoms with van der Waals surface area (Å²) in [4.78, 5) is 23.4. The van der Waals surface area contributed by atoms with E-state index in [9.17, 15) is 13.6 Å². The topological polar surface area (TPSA) is 75.4 Å². The summed E-state index contributed by atoms with van der Waals surface area (Å²) in [5, 5.41) is 6.85. The van der Waals surface area contributed by atoms with Gasteiger partial charge in [-0.05, 0) is 31.4 Å². The number of aromatic nitrogens is 4. The molecular formula is C20H22F2N6O. The molecule has 2 aromatic heterocycles. The lowest BCUT2D eigenvalue weighted by Gasteiger charge is -2.33. The molecule has 1 fully saturated rings. The Morgan fingerprint density at radius 3 is 2.76 bits per heavy atom. The van der Waals surface area contributed by atoms with Crippen molar-refractivity contribution in [2.75, 3.05) is 23.3 Å². The third-order valence-electron chi connectivity index (χ3n) is 5.17. The number of carbonyl (C=O) groups excluding carboxylic acids is 1. The zero-order valence-corrected chi connectivity index (χ0v) is 16.1. The maximum atomic E-state index is 13.8. The van der Waals surface area contributed by atoms with E-state index in [2.05, 4.69) is 32.2 Å². The minimum absolute atomic E-state index is 0.00138. The summed E-state index contributed by atoms with van der Waals surface area (Å²) in [7, 11) is 0. The first kappa shape index (κ1) is 19.2. The van der Waals surface area contributed by atoms with Crippen LogP contribution in [0.15, 0.2) is 30.6 Å². The van der Waals surface area contributed by atoms with Crippen LogP contribution in [0.3, 0.4) is 0 Å². The fraction of sp³-hybridized carbons (Fsp3) is 0.400. The molecule has 3 aromatic rings. The molecule has 0 unspecified atom stereocenters. The molecule has 0 bridgehead atoms. The first-order chi connectivity index (χ1) is 14.0. The Labute approximate surface area is 166 Å². The monoisotopic (exact) mass is 400 g/mol. The number of nitrogens with zero attached hydrogens (tertiary/aromatic N) is 5. The number of nitrogens with one attached hydrogen (secondary N) is 1. The van der Waals surface area contributed by atoms with Gasteiger partial charge in [0.15, 0.2) is 0 Å². The summed E-state index contributed by atoms with van der Waals surface area (Å²) in [6, 6.07) is 5.16. The molecule has 7 nitrogen and oxygen atoms in total. The number of fused-ring (bicyclic) bond motifs is 1. The van der Waals surface area contributed by atoms with Crippen LogP contribution in [0.4, 0.5) is 20.3 Å². The fourth-order valence-corrected chi connectivity index (χ4v) is 3.65. The van der Waals surface area contributed by atoms with Crippen LogP contribution in [0.5, 0.6) is 0 Å². The highest BCUT2D eigenvalue weighted by atomic mass is 19.1. The lowest BCUT2D eigenvalue weighted by atomic mass is 9.95. The molecule has 0 spiro atoms. The van der Waals surface area contributed by atoms with Crippen LogP contribution < -0.4 is 10.2 Å². The van der Waals surface area contributed by atoms with Gasteiger partial charge in [-0.2, -0.15) is 14.6 Å². The Kier molecular flexibility index (Phi) is 5.37. The molecule has 9 heteroatoms. The Balaban J connectivity index is 1.45. The van der Waals surface area contributed by atoms with Crippen LogP contribution in [0.1, 0.15) is 31.9 Å². The summed E-state index contributed by atoms with van der Waals surface area (Å²) in [6.07, 6.45) is 4.57. The maximum absolute atomic E-state index is 13.8. The van der Waals surface area contributed by atoms with Crippen molar-refractivity contribution in [3.8, 4) is 0 Å². The number of halogens is 2. The summed E-state index contributed by atoms with van der Waals surface area (Å²) in [5.74, 6) is -0.448. The third kappa shape index (κ3) is 4.03. The van der Waals surface area contributed by atoms with Crippen molar-refractivity contribution in [1.29, 1.82) is 0 Å². The second-order valence-electron chi connectivity index (χ2n) is 7.20. The van der Waals surface area contributed by atoms with Gasteiger partial charge in [0.2, 0.25) is 5.91 Å². The van der Waals surface area contributed by atoms with Crippen molar-refractivity contribution in [3.05, 3.63) is 47.9 Å². The van der Waals surface area contributed by atoms with Crippen LogP contribution in [-0.2, 0) is 11.2 Å². The van der Waals surface area contributed by atoms with Crippen LogP contribution >= 0.6 is 0 Å². The van der Waals surface area contributed by atoms with Gasteiger partial charge >= 0.3 is 0 Å². The van der Waals surface area contributed by atoms with Crippen molar-refractivity contribution in [3.63, 3.8) is 0 Å². The molecule has 0 atom stereocenters. The second kappa shape index (κ2) is 8.10. The van der Waals surface area contributed by atoms with E-state index in [1.54, 1.807) is 4.52 Å². The van der Waals surface area contributed by atoms with Gasteiger partial charge in [0.05, 0.1) is 5.69 Å². The highest BCUT2D eigenvalue weighted by Crippen LogP contribution is 2.26. The molecule has 0 radical (unpaired) electrons. The Morgan fingerprint density at radius 2 is 2.03 bits per heavy atom. The Bertz CT molecular complexity index is 1030. The van der Waals surface area contributed by atoms with E-state index >= 15 is 0 Å². The molecule has 1 aromatic carbocycles. The fourth-order valence-electron chi connectivity index (χ4n) is 3.65. The molecule has 1 aliphatic heterocycles. The van der Waals surface area contributed by atoms with Crippen molar-refractivity contribution >= 4 is 23.2 Å². The highest BCUT2D eigenvalue weighted by Gasteiger charge is 2.27. The van der Waals surface area contributed by atoms with Crippen molar-refractivity contribution in [2.45, 2.75) is 32.6 Å². The molecule has 1 saturated heterocycles. The Morgan fingerprint density at radius 1 is 1.24 bits per heavy atom. The molecule has 0 aliphatic carbocycles. The van der Waals surface area contributed by atoms with Crippen LogP contribution in [0, 0.1) is 17.6 Å². The summed E-state index contributed by atoms with van der Waals surface area (Å²) >= 11 is 0. The molecule has 29 heavy (non-hydrogen) atoms. The number of rotatable bonds is 5. The van der Waals surface area contributed by atoms with Gasteiger partial charge in [0.25, 0.3) is 5.78 Å². The minimum atomic E-state index is -0.774. The molecular weight excluding hydrogens is 378 g/mol. The highest BCUT2D eigenvalue weighted by molar-refractivity contribution is 5.92. The van der Waals surface area contributed by atoms with Gasteiger partial charge in [-0.15, -0.1) is 0 Å². The number of aryl methyl sites for hydroxylation is 1. The average Bonchev–Trinajstić information content (AvgIpc) is 3.18. The third-order valence-corrected chi connectivity index (χ3v) is 5.17.